The quantitative estimate of drug-likeness (QED) is 0.577. The van der Waals surface area contributed by atoms with Gasteiger partial charge in [-0.15, -0.1) is 0 Å². The summed E-state index contributed by atoms with van der Waals surface area (Å²) in [5, 5.41) is 22.8. The molecule has 2 fully saturated rings. The van der Waals surface area contributed by atoms with Gasteiger partial charge in [-0.25, -0.2) is 8.78 Å². The van der Waals surface area contributed by atoms with Crippen molar-refractivity contribution in [3.63, 3.8) is 0 Å². The Kier molecular flexibility index (Phi) is 5.18. The van der Waals surface area contributed by atoms with Crippen molar-refractivity contribution < 1.29 is 28.5 Å². The van der Waals surface area contributed by atoms with Gasteiger partial charge in [0.15, 0.2) is 0 Å². The molecule has 7 heteroatoms. The fraction of sp³-hybridized carbons (Fsp3) is 0.360. The molecule has 32 heavy (non-hydrogen) atoms. The van der Waals surface area contributed by atoms with Crippen molar-refractivity contribution in [1.82, 2.24) is 4.90 Å². The van der Waals surface area contributed by atoms with Crippen molar-refractivity contribution in [3.8, 4) is 28.4 Å². The molecule has 0 amide bonds. The zero-order valence-electron chi connectivity index (χ0n) is 17.7. The Morgan fingerprint density at radius 2 is 1.75 bits per heavy atom. The molecule has 1 aliphatic heterocycles. The lowest BCUT2D eigenvalue weighted by molar-refractivity contribution is 0.0302. The first-order chi connectivity index (χ1) is 15.4. The third-order valence-corrected chi connectivity index (χ3v) is 6.52. The van der Waals surface area contributed by atoms with Crippen LogP contribution in [0, 0.1) is 11.8 Å². The van der Waals surface area contributed by atoms with Crippen LogP contribution >= 0.6 is 0 Å². The lowest BCUT2D eigenvalue weighted by Crippen LogP contribution is -2.37. The van der Waals surface area contributed by atoms with Crippen LogP contribution in [-0.2, 0) is 0 Å². The Morgan fingerprint density at radius 1 is 1.03 bits per heavy atom. The number of benzene rings is 3. The van der Waals surface area contributed by atoms with Crippen molar-refractivity contribution in [2.24, 2.45) is 11.8 Å². The zero-order valence-corrected chi connectivity index (χ0v) is 17.7. The summed E-state index contributed by atoms with van der Waals surface area (Å²) in [4.78, 5) is 1.88. The molecule has 3 atom stereocenters. The molecule has 2 aliphatic rings. The van der Waals surface area contributed by atoms with E-state index in [0.717, 1.165) is 16.3 Å². The number of halogens is 2. The summed E-state index contributed by atoms with van der Waals surface area (Å²) >= 11 is 0. The molecule has 5 rings (SSSR count). The van der Waals surface area contributed by atoms with Gasteiger partial charge in [0.25, 0.3) is 5.92 Å². The summed E-state index contributed by atoms with van der Waals surface area (Å²) in [6.45, 7) is 0.998. The Bertz CT molecular complexity index is 1140. The monoisotopic (exact) mass is 441 g/mol. The van der Waals surface area contributed by atoms with E-state index in [0.29, 0.717) is 36.7 Å². The van der Waals surface area contributed by atoms with E-state index in [1.807, 2.05) is 41.3 Å². The Labute approximate surface area is 184 Å². The van der Waals surface area contributed by atoms with Crippen molar-refractivity contribution in [3.05, 3.63) is 54.6 Å². The molecule has 5 nitrogen and oxygen atoms in total. The zero-order chi connectivity index (χ0) is 22.5. The molecule has 3 aromatic rings. The number of rotatable bonds is 7. The molecule has 0 radical (unpaired) electrons. The van der Waals surface area contributed by atoms with E-state index in [-0.39, 0.29) is 12.4 Å². The number of aliphatic hydroxyl groups is 1. The maximum Gasteiger partial charge on any atom is 0.257 e. The molecule has 3 unspecified atom stereocenters. The van der Waals surface area contributed by atoms with Crippen molar-refractivity contribution >= 4 is 10.8 Å². The molecule has 0 aromatic heterocycles. The Balaban J connectivity index is 1.34. The fourth-order valence-electron chi connectivity index (χ4n) is 4.73. The Morgan fingerprint density at radius 3 is 2.50 bits per heavy atom. The highest BCUT2D eigenvalue weighted by molar-refractivity contribution is 5.99. The maximum atomic E-state index is 13.4. The number of fused-ring (bicyclic) bond motifs is 2. The smallest absolute Gasteiger partial charge is 0.257 e. The summed E-state index contributed by atoms with van der Waals surface area (Å²) in [7, 11) is 1.57. The average molecular weight is 441 g/mol. The normalized spacial score (nSPS) is 22.5. The topological polar surface area (TPSA) is 62.2 Å². The third-order valence-electron chi connectivity index (χ3n) is 6.52. The van der Waals surface area contributed by atoms with Gasteiger partial charge in [-0.05, 0) is 46.7 Å². The van der Waals surface area contributed by atoms with Gasteiger partial charge in [-0.1, -0.05) is 24.3 Å². The van der Waals surface area contributed by atoms with Gasteiger partial charge >= 0.3 is 0 Å². The van der Waals surface area contributed by atoms with E-state index in [4.69, 9.17) is 9.47 Å². The molecular formula is C25H25F2NO4. The second kappa shape index (κ2) is 7.90. The summed E-state index contributed by atoms with van der Waals surface area (Å²) in [6.07, 6.45) is -0.790. The van der Waals surface area contributed by atoms with Crippen molar-refractivity contribution in [2.75, 3.05) is 33.4 Å². The summed E-state index contributed by atoms with van der Waals surface area (Å²) in [5.74, 6) is -2.35. The summed E-state index contributed by atoms with van der Waals surface area (Å²) in [6, 6.07) is 16.5. The fourth-order valence-corrected chi connectivity index (χ4v) is 4.73. The van der Waals surface area contributed by atoms with E-state index >= 15 is 0 Å². The largest absolute Gasteiger partial charge is 0.507 e. The second-order valence-electron chi connectivity index (χ2n) is 8.65. The first-order valence-electron chi connectivity index (χ1n) is 10.7. The van der Waals surface area contributed by atoms with E-state index in [1.165, 1.54) is 0 Å². The van der Waals surface area contributed by atoms with Gasteiger partial charge in [0.05, 0.1) is 7.11 Å². The molecule has 1 heterocycles. The van der Waals surface area contributed by atoms with Crippen LogP contribution in [0.1, 0.15) is 0 Å². The number of β-amino-alcohol motifs (C(OH)–C–C–N with tert-alkyl or cyclic N) is 1. The van der Waals surface area contributed by atoms with Crippen LogP contribution < -0.4 is 9.47 Å². The summed E-state index contributed by atoms with van der Waals surface area (Å²) < 4.78 is 37.9. The highest BCUT2D eigenvalue weighted by Crippen LogP contribution is 2.59. The van der Waals surface area contributed by atoms with E-state index < -0.39 is 23.9 Å². The van der Waals surface area contributed by atoms with E-state index in [2.05, 4.69) is 0 Å². The van der Waals surface area contributed by atoms with Crippen LogP contribution in [-0.4, -0.2) is 60.5 Å². The molecule has 3 aromatic carbocycles. The summed E-state index contributed by atoms with van der Waals surface area (Å²) in [5.41, 5.74) is 1.40. The average Bonchev–Trinajstić information content (AvgIpc) is 3.11. The van der Waals surface area contributed by atoms with Crippen LogP contribution in [0.2, 0.25) is 0 Å². The van der Waals surface area contributed by atoms with Crippen molar-refractivity contribution in [2.45, 2.75) is 12.0 Å². The number of ether oxygens (including phenoxy) is 2. The molecule has 0 bridgehead atoms. The highest BCUT2D eigenvalue weighted by atomic mass is 19.3. The van der Waals surface area contributed by atoms with Gasteiger partial charge in [0.2, 0.25) is 0 Å². The highest BCUT2D eigenvalue weighted by Gasteiger charge is 2.71. The number of aromatic hydroxyl groups is 1. The molecule has 0 spiro atoms. The second-order valence-corrected chi connectivity index (χ2v) is 8.65. The van der Waals surface area contributed by atoms with Crippen molar-refractivity contribution in [1.29, 1.82) is 0 Å². The van der Waals surface area contributed by atoms with Crippen LogP contribution in [0.25, 0.3) is 21.9 Å². The maximum absolute atomic E-state index is 13.4. The SMILES string of the molecule is COc1ccc(O)c(-c2cc(OCC(O)CN3CC4C(C3)C4(F)F)cc3ccccc23)c1. The molecular weight excluding hydrogens is 416 g/mol. The van der Waals surface area contributed by atoms with E-state index in [9.17, 15) is 19.0 Å². The number of likely N-dealkylation sites (tertiary alicyclic amines) is 1. The number of hydrogen-bond acceptors (Lipinski definition) is 5. The first kappa shape index (κ1) is 21.0. The van der Waals surface area contributed by atoms with Gasteiger partial charge in [-0.2, -0.15) is 0 Å². The van der Waals surface area contributed by atoms with Gasteiger partial charge < -0.3 is 19.7 Å². The lowest BCUT2D eigenvalue weighted by Gasteiger charge is -2.23. The number of alkyl halides is 2. The van der Waals surface area contributed by atoms with Gasteiger partial charge in [-0.3, -0.25) is 4.90 Å². The molecule has 1 saturated carbocycles. The predicted molar refractivity (Wildman–Crippen MR) is 117 cm³/mol. The number of piperidine rings is 1. The van der Waals surface area contributed by atoms with Crippen LogP contribution in [0.4, 0.5) is 8.78 Å². The number of phenols is 1. The molecule has 168 valence electrons. The number of methoxy groups -OCH3 is 1. The standard InChI is InChI=1S/C25H25F2NO4/c1-31-17-6-7-24(30)21(9-17)20-10-18(8-15-4-2-3-5-19(15)20)32-14-16(29)11-28-12-22-23(13-28)25(22,26)27/h2-10,16,22-23,29-30H,11-14H2,1H3. The number of aliphatic hydroxyl groups excluding tert-OH is 1. The number of nitrogens with zero attached hydrogens (tertiary/aromatic N) is 1. The Hall–Kier alpha value is -2.90. The first-order valence-corrected chi connectivity index (χ1v) is 10.7. The third kappa shape index (κ3) is 3.76. The van der Waals surface area contributed by atoms with Gasteiger partial charge in [0, 0.05) is 37.0 Å². The lowest BCUT2D eigenvalue weighted by atomic mass is 9.97. The van der Waals surface area contributed by atoms with Crippen LogP contribution in [0.3, 0.4) is 0 Å². The molecule has 1 saturated heterocycles. The molecule has 2 N–H and O–H groups in total. The number of phenolic OH excluding ortho intramolecular Hbond substituents is 1. The predicted octanol–water partition coefficient (Wildman–Crippen LogP) is 4.16. The van der Waals surface area contributed by atoms with Gasteiger partial charge in [0.1, 0.15) is 30.0 Å². The minimum atomic E-state index is -2.52. The molecule has 1 aliphatic carbocycles. The minimum Gasteiger partial charge on any atom is -0.507 e. The van der Waals surface area contributed by atoms with E-state index in [1.54, 1.807) is 25.3 Å². The minimum absolute atomic E-state index is 0.0457. The number of hydrogen-bond donors (Lipinski definition) is 2. The van der Waals surface area contributed by atoms with Crippen LogP contribution in [0.5, 0.6) is 17.2 Å². The van der Waals surface area contributed by atoms with Crippen LogP contribution in [0.15, 0.2) is 54.6 Å².